The minimum atomic E-state index is -0.168. The minimum Gasteiger partial charge on any atom is -0.487 e. The number of nitrogens with one attached hydrogen (secondary N) is 1. The molecule has 0 bridgehead atoms. The highest BCUT2D eigenvalue weighted by Crippen LogP contribution is 2.37. The van der Waals surface area contributed by atoms with Crippen LogP contribution in [0.3, 0.4) is 0 Å². The molecule has 7 heteroatoms. The summed E-state index contributed by atoms with van der Waals surface area (Å²) in [5.74, 6) is 1.39. The second kappa shape index (κ2) is 8.78. The summed E-state index contributed by atoms with van der Waals surface area (Å²) in [5.41, 5.74) is 3.07. The number of hydrogen-bond donors (Lipinski definition) is 1. The molecule has 0 spiro atoms. The van der Waals surface area contributed by atoms with Crippen molar-refractivity contribution in [2.75, 3.05) is 19.6 Å². The molecule has 0 radical (unpaired) electrons. The van der Waals surface area contributed by atoms with E-state index in [1.165, 1.54) is 0 Å². The Balaban J connectivity index is 1.15. The number of hydrogen-bond acceptors (Lipinski definition) is 5. The lowest BCUT2D eigenvalue weighted by Crippen LogP contribution is -2.41. The van der Waals surface area contributed by atoms with Crippen LogP contribution in [0.5, 0.6) is 5.75 Å². The third-order valence-electron chi connectivity index (χ3n) is 5.98. The lowest BCUT2D eigenvalue weighted by molar-refractivity contribution is -0.133. The second-order valence-corrected chi connectivity index (χ2v) is 8.20. The molecular formula is C25H24N4O3. The zero-order valence-corrected chi connectivity index (χ0v) is 17.6. The van der Waals surface area contributed by atoms with Crippen molar-refractivity contribution in [1.82, 2.24) is 20.2 Å². The van der Waals surface area contributed by atoms with Gasteiger partial charge >= 0.3 is 0 Å². The van der Waals surface area contributed by atoms with E-state index in [0.29, 0.717) is 31.8 Å². The molecule has 3 heterocycles. The Kier molecular flexibility index (Phi) is 5.54. The van der Waals surface area contributed by atoms with Gasteiger partial charge in [0.1, 0.15) is 11.9 Å². The molecule has 162 valence electrons. The Morgan fingerprint density at radius 2 is 1.84 bits per heavy atom. The zero-order chi connectivity index (χ0) is 21.9. The van der Waals surface area contributed by atoms with E-state index in [1.807, 2.05) is 48.5 Å². The predicted octanol–water partition coefficient (Wildman–Crippen LogP) is 2.58. The first-order valence-corrected chi connectivity index (χ1v) is 10.8. The highest BCUT2D eigenvalue weighted by Gasteiger charge is 2.32. The number of para-hydroxylation sites is 1. The molecule has 1 aromatic heterocycles. The van der Waals surface area contributed by atoms with Gasteiger partial charge in [-0.2, -0.15) is 0 Å². The largest absolute Gasteiger partial charge is 0.487 e. The molecule has 1 fully saturated rings. The molecular weight excluding hydrogens is 404 g/mol. The molecule has 2 aliphatic rings. The number of ether oxygens (including phenoxy) is 1. The molecule has 2 amide bonds. The number of aromatic nitrogens is 2. The number of nitrogens with zero attached hydrogens (tertiary/aromatic N) is 3. The van der Waals surface area contributed by atoms with E-state index < -0.39 is 0 Å². The number of carbonyl (C=O) groups excluding carboxylic acids is 2. The van der Waals surface area contributed by atoms with Crippen LogP contribution in [0.1, 0.15) is 23.5 Å². The van der Waals surface area contributed by atoms with E-state index in [9.17, 15) is 9.59 Å². The van der Waals surface area contributed by atoms with Crippen LogP contribution in [0.15, 0.2) is 67.0 Å². The van der Waals surface area contributed by atoms with Gasteiger partial charge < -0.3 is 15.0 Å². The summed E-state index contributed by atoms with van der Waals surface area (Å²) in [7, 11) is 0. The van der Waals surface area contributed by atoms with Crippen molar-refractivity contribution in [3.63, 3.8) is 0 Å². The van der Waals surface area contributed by atoms with Gasteiger partial charge in [0.15, 0.2) is 5.82 Å². The van der Waals surface area contributed by atoms with Gasteiger partial charge in [0.2, 0.25) is 11.8 Å². The van der Waals surface area contributed by atoms with Gasteiger partial charge in [-0.25, -0.2) is 9.97 Å². The molecule has 5 rings (SSSR count). The molecule has 32 heavy (non-hydrogen) atoms. The SMILES string of the molecule is O=C(CN1C[C@@H](c2ccccc2)CC1=O)NC[C@@H]1Cc2cccc(-c3ncccn3)c2O1. The van der Waals surface area contributed by atoms with E-state index >= 15 is 0 Å². The van der Waals surface area contributed by atoms with Crippen LogP contribution in [0.25, 0.3) is 11.4 Å². The van der Waals surface area contributed by atoms with E-state index in [0.717, 1.165) is 22.4 Å². The normalized spacial score (nSPS) is 19.5. The van der Waals surface area contributed by atoms with Crippen molar-refractivity contribution < 1.29 is 14.3 Å². The van der Waals surface area contributed by atoms with Crippen molar-refractivity contribution in [2.45, 2.75) is 24.9 Å². The topological polar surface area (TPSA) is 84.4 Å². The molecule has 0 saturated carbocycles. The number of likely N-dealkylation sites (tertiary alicyclic amines) is 1. The van der Waals surface area contributed by atoms with Crippen LogP contribution < -0.4 is 10.1 Å². The second-order valence-electron chi connectivity index (χ2n) is 8.20. The summed E-state index contributed by atoms with van der Waals surface area (Å²) in [4.78, 5) is 35.2. The monoisotopic (exact) mass is 428 g/mol. The summed E-state index contributed by atoms with van der Waals surface area (Å²) in [5, 5.41) is 2.93. The van der Waals surface area contributed by atoms with Crippen molar-refractivity contribution in [2.24, 2.45) is 0 Å². The Morgan fingerprint density at radius 3 is 2.66 bits per heavy atom. The minimum absolute atomic E-state index is 0.0195. The molecule has 7 nitrogen and oxygen atoms in total. The summed E-state index contributed by atoms with van der Waals surface area (Å²) in [6.45, 7) is 1.03. The van der Waals surface area contributed by atoms with Gasteiger partial charge in [0.25, 0.3) is 0 Å². The van der Waals surface area contributed by atoms with Gasteiger partial charge in [0, 0.05) is 37.7 Å². The highest BCUT2D eigenvalue weighted by atomic mass is 16.5. The van der Waals surface area contributed by atoms with Crippen LogP contribution in [0.4, 0.5) is 0 Å². The summed E-state index contributed by atoms with van der Waals surface area (Å²) in [6.07, 6.45) is 4.40. The molecule has 0 aliphatic carbocycles. The number of benzene rings is 2. The standard InChI is InChI=1S/C25H24N4O3/c30-22(16-29-15-19(13-23(29)31)17-6-2-1-3-7-17)28-14-20-12-18-8-4-9-21(24(18)32-20)25-26-10-5-11-27-25/h1-11,19-20H,12-16H2,(H,28,30)/t19-,20-/m0/s1. The Bertz CT molecular complexity index is 1120. The van der Waals surface area contributed by atoms with Crippen LogP contribution in [-0.2, 0) is 16.0 Å². The van der Waals surface area contributed by atoms with Crippen molar-refractivity contribution in [1.29, 1.82) is 0 Å². The van der Waals surface area contributed by atoms with Crippen LogP contribution >= 0.6 is 0 Å². The first-order valence-electron chi connectivity index (χ1n) is 10.8. The maximum Gasteiger partial charge on any atom is 0.239 e. The number of rotatable bonds is 6. The van der Waals surface area contributed by atoms with Crippen molar-refractivity contribution in [3.8, 4) is 17.1 Å². The number of amides is 2. The fraction of sp³-hybridized carbons (Fsp3) is 0.280. The van der Waals surface area contributed by atoms with E-state index in [1.54, 1.807) is 23.4 Å². The van der Waals surface area contributed by atoms with E-state index in [2.05, 4.69) is 15.3 Å². The molecule has 3 aromatic rings. The molecule has 1 saturated heterocycles. The Morgan fingerprint density at radius 1 is 1.03 bits per heavy atom. The summed E-state index contributed by atoms with van der Waals surface area (Å²) < 4.78 is 6.13. The maximum absolute atomic E-state index is 12.5. The smallest absolute Gasteiger partial charge is 0.239 e. The average Bonchev–Trinajstić information content (AvgIpc) is 3.42. The average molecular weight is 428 g/mol. The predicted molar refractivity (Wildman–Crippen MR) is 119 cm³/mol. The van der Waals surface area contributed by atoms with E-state index in [4.69, 9.17) is 4.74 Å². The van der Waals surface area contributed by atoms with Gasteiger partial charge in [-0.3, -0.25) is 9.59 Å². The maximum atomic E-state index is 12.5. The third kappa shape index (κ3) is 4.19. The van der Waals surface area contributed by atoms with Crippen LogP contribution in [-0.4, -0.2) is 52.4 Å². The fourth-order valence-corrected chi connectivity index (χ4v) is 4.40. The summed E-state index contributed by atoms with van der Waals surface area (Å²) >= 11 is 0. The Hall–Kier alpha value is -3.74. The summed E-state index contributed by atoms with van der Waals surface area (Å²) in [6, 6.07) is 17.7. The lowest BCUT2D eigenvalue weighted by atomic mass is 9.99. The van der Waals surface area contributed by atoms with Crippen molar-refractivity contribution >= 4 is 11.8 Å². The van der Waals surface area contributed by atoms with Crippen molar-refractivity contribution in [3.05, 3.63) is 78.1 Å². The van der Waals surface area contributed by atoms with Gasteiger partial charge in [-0.05, 0) is 23.3 Å². The van der Waals surface area contributed by atoms with Crippen LogP contribution in [0, 0.1) is 0 Å². The third-order valence-corrected chi connectivity index (χ3v) is 5.98. The van der Waals surface area contributed by atoms with Crippen LogP contribution in [0.2, 0.25) is 0 Å². The Labute approximate surface area is 186 Å². The molecule has 2 atom stereocenters. The molecule has 2 aromatic carbocycles. The lowest BCUT2D eigenvalue weighted by Gasteiger charge is -2.18. The quantitative estimate of drug-likeness (QED) is 0.652. The van der Waals surface area contributed by atoms with Gasteiger partial charge in [0.05, 0.1) is 18.7 Å². The number of carbonyl (C=O) groups is 2. The molecule has 0 unspecified atom stereocenters. The first-order chi connectivity index (χ1) is 15.7. The van der Waals surface area contributed by atoms with Gasteiger partial charge in [-0.1, -0.05) is 42.5 Å². The highest BCUT2D eigenvalue weighted by molar-refractivity contribution is 5.86. The van der Waals surface area contributed by atoms with Gasteiger partial charge in [-0.15, -0.1) is 0 Å². The zero-order valence-electron chi connectivity index (χ0n) is 17.6. The molecule has 2 aliphatic heterocycles. The molecule has 1 N–H and O–H groups in total. The van der Waals surface area contributed by atoms with E-state index in [-0.39, 0.29) is 30.4 Å². The number of fused-ring (bicyclic) bond motifs is 1. The first kappa shape index (κ1) is 20.2. The fourth-order valence-electron chi connectivity index (χ4n) is 4.40.